The molecule has 7 heavy (non-hydrogen) atoms. The van der Waals surface area contributed by atoms with E-state index in [1.807, 2.05) is 20.8 Å². The first kappa shape index (κ1) is 6.92. The molecule has 0 N–H and O–H groups in total. The summed E-state index contributed by atoms with van der Waals surface area (Å²) in [6.07, 6.45) is 0. The van der Waals surface area contributed by atoms with E-state index in [1.165, 1.54) is 7.05 Å². The van der Waals surface area contributed by atoms with E-state index in [1.54, 1.807) is 0 Å². The van der Waals surface area contributed by atoms with Crippen molar-refractivity contribution in [2.45, 2.75) is 26.3 Å². The Kier molecular flexibility index (Phi) is 1.78. The summed E-state index contributed by atoms with van der Waals surface area (Å²) in [6.45, 7) is 5.62. The van der Waals surface area contributed by atoms with Crippen molar-refractivity contribution in [3.63, 3.8) is 0 Å². The van der Waals surface area contributed by atoms with Crippen LogP contribution in [0, 0.1) is 0 Å². The van der Waals surface area contributed by atoms with Crippen LogP contribution in [-0.2, 0) is 5.21 Å². The maximum atomic E-state index is 10.4. The predicted octanol–water partition coefficient (Wildman–Crippen LogP) is 1.06. The van der Waals surface area contributed by atoms with Gasteiger partial charge in [0.15, 0.2) is 0 Å². The number of rotatable bonds is 0. The Morgan fingerprint density at radius 3 is 1.43 bits per heavy atom. The van der Waals surface area contributed by atoms with Crippen LogP contribution >= 0.6 is 0 Å². The molecule has 2 heteroatoms. The van der Waals surface area contributed by atoms with Crippen molar-refractivity contribution >= 4 is 0 Å². The molecule has 0 saturated heterocycles. The molecule has 43 valence electrons. The number of hydroxylamine groups is 2. The lowest BCUT2D eigenvalue weighted by Crippen LogP contribution is -2.33. The van der Waals surface area contributed by atoms with E-state index in [0.717, 1.165) is 5.06 Å². The molecule has 0 bridgehead atoms. The highest BCUT2D eigenvalue weighted by molar-refractivity contribution is 4.64. The normalized spacial score (nSPS) is 12.9. The van der Waals surface area contributed by atoms with Crippen LogP contribution in [0.2, 0.25) is 0 Å². The largest absolute Gasteiger partial charge is 0.153 e. The predicted molar refractivity (Wildman–Crippen MR) is 28.2 cm³/mol. The van der Waals surface area contributed by atoms with Gasteiger partial charge in [0.2, 0.25) is 0 Å². The van der Waals surface area contributed by atoms with Crippen LogP contribution in [0.1, 0.15) is 20.8 Å². The van der Waals surface area contributed by atoms with Gasteiger partial charge >= 0.3 is 0 Å². The van der Waals surface area contributed by atoms with E-state index in [9.17, 15) is 5.21 Å². The van der Waals surface area contributed by atoms with E-state index in [2.05, 4.69) is 0 Å². The van der Waals surface area contributed by atoms with Gasteiger partial charge in [0.05, 0.1) is 0 Å². The average molecular weight is 102 g/mol. The fourth-order valence-corrected chi connectivity index (χ4v) is 0. The molecule has 0 spiro atoms. The van der Waals surface area contributed by atoms with Crippen LogP contribution in [0.25, 0.3) is 0 Å². The van der Waals surface area contributed by atoms with Crippen molar-refractivity contribution in [2.75, 3.05) is 7.05 Å². The lowest BCUT2D eigenvalue weighted by molar-refractivity contribution is -0.191. The summed E-state index contributed by atoms with van der Waals surface area (Å²) in [5.74, 6) is 0. The van der Waals surface area contributed by atoms with E-state index < -0.39 is 0 Å². The minimum atomic E-state index is -0.222. The first-order valence-electron chi connectivity index (χ1n) is 2.35. The second kappa shape index (κ2) is 1.80. The SMILES string of the molecule is CN([O])C(C)(C)C. The van der Waals surface area contributed by atoms with Crippen molar-refractivity contribution in [1.82, 2.24) is 5.06 Å². The monoisotopic (exact) mass is 102 g/mol. The lowest BCUT2D eigenvalue weighted by atomic mass is 10.1. The highest BCUT2D eigenvalue weighted by Crippen LogP contribution is 2.05. The van der Waals surface area contributed by atoms with Crippen molar-refractivity contribution in [1.29, 1.82) is 0 Å². The van der Waals surface area contributed by atoms with Crippen molar-refractivity contribution < 1.29 is 5.21 Å². The second-order valence-corrected chi connectivity index (χ2v) is 2.67. The van der Waals surface area contributed by atoms with Gasteiger partial charge < -0.3 is 0 Å². The van der Waals surface area contributed by atoms with Crippen LogP contribution in [0.3, 0.4) is 0 Å². The topological polar surface area (TPSA) is 23.1 Å². The van der Waals surface area contributed by atoms with Gasteiger partial charge in [-0.25, -0.2) is 0 Å². The molecule has 0 aromatic rings. The van der Waals surface area contributed by atoms with Crippen LogP contribution in [-0.4, -0.2) is 17.6 Å². The summed E-state index contributed by atoms with van der Waals surface area (Å²) in [5.41, 5.74) is -0.222. The molecular formula is C5H12NO. The number of nitrogens with zero attached hydrogens (tertiary/aromatic N) is 1. The third kappa shape index (κ3) is 2.60. The standard InChI is InChI=1S/C5H12NO/c1-5(2,3)6(4)7/h1-4H3. The first-order chi connectivity index (χ1) is 2.94. The van der Waals surface area contributed by atoms with E-state index in [-0.39, 0.29) is 5.54 Å². The molecule has 0 fully saturated rings. The molecule has 0 aromatic carbocycles. The average Bonchev–Trinajstić information content (AvgIpc) is 1.31. The highest BCUT2D eigenvalue weighted by atomic mass is 16.5. The van der Waals surface area contributed by atoms with Gasteiger partial charge in [0, 0.05) is 12.6 Å². The minimum Gasteiger partial charge on any atom is -0.153 e. The Bertz CT molecular complexity index is 53.6. The summed E-state index contributed by atoms with van der Waals surface area (Å²) in [6, 6.07) is 0. The Morgan fingerprint density at radius 2 is 1.43 bits per heavy atom. The minimum absolute atomic E-state index is 0.222. The fourth-order valence-electron chi connectivity index (χ4n) is 0. The zero-order valence-corrected chi connectivity index (χ0v) is 5.36. The van der Waals surface area contributed by atoms with Gasteiger partial charge in [0.25, 0.3) is 0 Å². The molecular weight excluding hydrogens is 90.1 g/mol. The van der Waals surface area contributed by atoms with E-state index in [4.69, 9.17) is 0 Å². The Hall–Kier alpha value is -0.0800. The van der Waals surface area contributed by atoms with Crippen molar-refractivity contribution in [2.24, 2.45) is 0 Å². The molecule has 0 unspecified atom stereocenters. The van der Waals surface area contributed by atoms with E-state index in [0.29, 0.717) is 0 Å². The van der Waals surface area contributed by atoms with Gasteiger partial charge in [-0.1, -0.05) is 0 Å². The number of hydrogen-bond acceptors (Lipinski definition) is 1. The zero-order valence-electron chi connectivity index (χ0n) is 5.36. The van der Waals surface area contributed by atoms with Gasteiger partial charge in [-0.2, -0.15) is 5.06 Å². The molecule has 2 nitrogen and oxygen atoms in total. The molecule has 0 rings (SSSR count). The van der Waals surface area contributed by atoms with Crippen molar-refractivity contribution in [3.8, 4) is 0 Å². The zero-order chi connectivity index (χ0) is 6.08. The van der Waals surface area contributed by atoms with Crippen LogP contribution in [0.5, 0.6) is 0 Å². The van der Waals surface area contributed by atoms with Crippen LogP contribution < -0.4 is 0 Å². The lowest BCUT2D eigenvalue weighted by Gasteiger charge is -2.22. The summed E-state index contributed by atoms with van der Waals surface area (Å²) in [5, 5.41) is 11.3. The molecule has 0 atom stereocenters. The molecule has 0 aliphatic carbocycles. The van der Waals surface area contributed by atoms with E-state index >= 15 is 0 Å². The molecule has 1 radical (unpaired) electrons. The highest BCUT2D eigenvalue weighted by Gasteiger charge is 2.14. The van der Waals surface area contributed by atoms with Gasteiger partial charge in [-0.3, -0.25) is 0 Å². The fraction of sp³-hybridized carbons (Fsp3) is 1.00. The molecule has 0 aliphatic heterocycles. The number of hydrogen-bond donors (Lipinski definition) is 0. The van der Waals surface area contributed by atoms with Crippen LogP contribution in [0.15, 0.2) is 0 Å². The Labute approximate surface area is 44.7 Å². The van der Waals surface area contributed by atoms with Crippen LogP contribution in [0.4, 0.5) is 0 Å². The van der Waals surface area contributed by atoms with Gasteiger partial charge in [0.1, 0.15) is 0 Å². The molecule has 0 saturated carbocycles. The summed E-state index contributed by atoms with van der Waals surface area (Å²) >= 11 is 0. The molecule has 0 heterocycles. The third-order valence-electron chi connectivity index (χ3n) is 0.945. The van der Waals surface area contributed by atoms with Gasteiger partial charge in [-0.05, 0) is 20.8 Å². The summed E-state index contributed by atoms with van der Waals surface area (Å²) < 4.78 is 0. The maximum absolute atomic E-state index is 10.4. The Morgan fingerprint density at radius 1 is 1.29 bits per heavy atom. The second-order valence-electron chi connectivity index (χ2n) is 2.67. The van der Waals surface area contributed by atoms with Gasteiger partial charge in [-0.15, -0.1) is 5.21 Å². The smallest absolute Gasteiger partial charge is 0.0406 e. The molecule has 0 aliphatic rings. The third-order valence-corrected chi connectivity index (χ3v) is 0.945. The Balaban J connectivity index is 3.54. The molecule has 0 aromatic heterocycles. The maximum Gasteiger partial charge on any atom is 0.0406 e. The summed E-state index contributed by atoms with van der Waals surface area (Å²) in [7, 11) is 1.53. The van der Waals surface area contributed by atoms with Crippen molar-refractivity contribution in [3.05, 3.63) is 0 Å². The summed E-state index contributed by atoms with van der Waals surface area (Å²) in [4.78, 5) is 0. The quantitative estimate of drug-likeness (QED) is 0.419. The molecule has 0 amide bonds. The first-order valence-corrected chi connectivity index (χ1v) is 2.35.